The summed E-state index contributed by atoms with van der Waals surface area (Å²) in [5.41, 5.74) is 0. The van der Waals surface area contributed by atoms with Crippen molar-refractivity contribution in [2.24, 2.45) is 0 Å². The van der Waals surface area contributed by atoms with E-state index in [2.05, 4.69) is 22.5 Å². The van der Waals surface area contributed by atoms with Crippen LogP contribution >= 0.6 is 27.5 Å². The fourth-order valence-corrected chi connectivity index (χ4v) is 1.42. The van der Waals surface area contributed by atoms with Gasteiger partial charge in [0.1, 0.15) is 11.6 Å². The van der Waals surface area contributed by atoms with Gasteiger partial charge in [-0.3, -0.25) is 0 Å². The Morgan fingerprint density at radius 2 is 2.25 bits per heavy atom. The first-order valence-electron chi connectivity index (χ1n) is 3.07. The van der Waals surface area contributed by atoms with E-state index in [4.69, 9.17) is 16.3 Å². The Morgan fingerprint density at radius 3 is 2.83 bits per heavy atom. The molecule has 0 radical (unpaired) electrons. The molecule has 4 heteroatoms. The molecule has 0 aliphatic heterocycles. The second-order valence-electron chi connectivity index (χ2n) is 1.98. The fraction of sp³-hybridized carbons (Fsp3) is 0. The molecule has 1 aromatic rings. The van der Waals surface area contributed by atoms with Crippen molar-refractivity contribution in [1.29, 1.82) is 0 Å². The Balaban J connectivity index is 3.13. The molecular formula is C8H5BrClFO. The number of benzene rings is 1. The van der Waals surface area contributed by atoms with Crippen LogP contribution < -0.4 is 4.74 Å². The molecule has 12 heavy (non-hydrogen) atoms. The summed E-state index contributed by atoms with van der Waals surface area (Å²) in [6, 6.07) is 2.61. The number of halogens is 3. The van der Waals surface area contributed by atoms with Crippen LogP contribution in [-0.2, 0) is 0 Å². The molecule has 0 aliphatic rings. The summed E-state index contributed by atoms with van der Waals surface area (Å²) < 4.78 is 18.3. The van der Waals surface area contributed by atoms with Crippen molar-refractivity contribution < 1.29 is 9.13 Å². The lowest BCUT2D eigenvalue weighted by Gasteiger charge is -2.03. The minimum atomic E-state index is -0.517. The first kappa shape index (κ1) is 9.55. The highest BCUT2D eigenvalue weighted by Crippen LogP contribution is 2.30. The Hall–Kier alpha value is -0.540. The number of ether oxygens (including phenoxy) is 1. The quantitative estimate of drug-likeness (QED) is 0.574. The first-order chi connectivity index (χ1) is 5.65. The van der Waals surface area contributed by atoms with Gasteiger partial charge in [0.05, 0.1) is 15.8 Å². The van der Waals surface area contributed by atoms with Gasteiger partial charge in [0, 0.05) is 6.07 Å². The normalized spacial score (nSPS) is 9.58. The summed E-state index contributed by atoms with van der Waals surface area (Å²) in [6.07, 6.45) is 1.22. The topological polar surface area (TPSA) is 9.23 Å². The Labute approximate surface area is 82.9 Å². The van der Waals surface area contributed by atoms with Crippen molar-refractivity contribution in [3.63, 3.8) is 0 Å². The van der Waals surface area contributed by atoms with Crippen LogP contribution in [0.5, 0.6) is 5.75 Å². The molecule has 64 valence electrons. The van der Waals surface area contributed by atoms with Crippen molar-refractivity contribution in [2.45, 2.75) is 0 Å². The van der Waals surface area contributed by atoms with Gasteiger partial charge in [0.2, 0.25) is 0 Å². The van der Waals surface area contributed by atoms with Gasteiger partial charge in [-0.05, 0) is 22.0 Å². The van der Waals surface area contributed by atoms with E-state index in [1.807, 2.05) is 0 Å². The monoisotopic (exact) mass is 250 g/mol. The van der Waals surface area contributed by atoms with Gasteiger partial charge in [0.25, 0.3) is 0 Å². The summed E-state index contributed by atoms with van der Waals surface area (Å²) in [5.74, 6) is -0.163. The standard InChI is InChI=1S/C8H5BrClFO/c1-2-12-8-4-7(11)6(10)3-5(8)9/h2-4H,1H2. The van der Waals surface area contributed by atoms with Crippen molar-refractivity contribution in [3.05, 3.63) is 40.3 Å². The van der Waals surface area contributed by atoms with Gasteiger partial charge >= 0.3 is 0 Å². The molecule has 0 spiro atoms. The maximum Gasteiger partial charge on any atom is 0.145 e. The summed E-state index contributed by atoms with van der Waals surface area (Å²) in [7, 11) is 0. The highest BCUT2D eigenvalue weighted by atomic mass is 79.9. The maximum absolute atomic E-state index is 12.8. The fourth-order valence-electron chi connectivity index (χ4n) is 0.684. The first-order valence-corrected chi connectivity index (χ1v) is 4.24. The van der Waals surface area contributed by atoms with Gasteiger partial charge in [0.15, 0.2) is 0 Å². The third-order valence-electron chi connectivity index (χ3n) is 1.19. The molecule has 0 fully saturated rings. The molecule has 0 aromatic heterocycles. The molecule has 0 N–H and O–H groups in total. The smallest absolute Gasteiger partial charge is 0.145 e. The predicted octanol–water partition coefficient (Wildman–Crippen LogP) is 3.76. The zero-order chi connectivity index (χ0) is 9.14. The maximum atomic E-state index is 12.8. The summed E-state index contributed by atoms with van der Waals surface area (Å²) >= 11 is 8.66. The van der Waals surface area contributed by atoms with Crippen LogP contribution in [-0.4, -0.2) is 0 Å². The van der Waals surface area contributed by atoms with Gasteiger partial charge < -0.3 is 4.74 Å². The van der Waals surface area contributed by atoms with Crippen LogP contribution in [0.3, 0.4) is 0 Å². The van der Waals surface area contributed by atoms with Crippen molar-refractivity contribution in [3.8, 4) is 5.75 Å². The van der Waals surface area contributed by atoms with E-state index in [-0.39, 0.29) is 5.02 Å². The highest BCUT2D eigenvalue weighted by molar-refractivity contribution is 9.10. The Kier molecular flexibility index (Phi) is 3.12. The zero-order valence-electron chi connectivity index (χ0n) is 5.98. The van der Waals surface area contributed by atoms with E-state index >= 15 is 0 Å². The van der Waals surface area contributed by atoms with Gasteiger partial charge in [-0.1, -0.05) is 18.2 Å². The van der Waals surface area contributed by atoms with Crippen LogP contribution in [0.15, 0.2) is 29.4 Å². The third kappa shape index (κ3) is 1.99. The minimum Gasteiger partial charge on any atom is -0.464 e. The van der Waals surface area contributed by atoms with Crippen LogP contribution in [0.4, 0.5) is 4.39 Å². The molecule has 0 atom stereocenters. The number of hydrogen-bond acceptors (Lipinski definition) is 1. The van der Waals surface area contributed by atoms with Crippen molar-refractivity contribution in [2.75, 3.05) is 0 Å². The average Bonchev–Trinajstić information content (AvgIpc) is 2.01. The molecule has 0 bridgehead atoms. The third-order valence-corrected chi connectivity index (χ3v) is 2.09. The van der Waals surface area contributed by atoms with E-state index in [1.165, 1.54) is 18.4 Å². The SMILES string of the molecule is C=COc1cc(F)c(Cl)cc1Br. The molecule has 0 saturated carbocycles. The molecule has 1 rings (SSSR count). The van der Waals surface area contributed by atoms with E-state index in [1.54, 1.807) is 0 Å². The zero-order valence-corrected chi connectivity index (χ0v) is 8.32. The second-order valence-corrected chi connectivity index (χ2v) is 3.24. The molecule has 0 amide bonds. The Morgan fingerprint density at radius 1 is 1.58 bits per heavy atom. The second kappa shape index (κ2) is 3.92. The van der Waals surface area contributed by atoms with Crippen LogP contribution in [0.2, 0.25) is 5.02 Å². The van der Waals surface area contributed by atoms with E-state index in [0.717, 1.165) is 0 Å². The highest BCUT2D eigenvalue weighted by Gasteiger charge is 2.06. The molecule has 0 unspecified atom stereocenters. The largest absolute Gasteiger partial charge is 0.464 e. The summed E-state index contributed by atoms with van der Waals surface area (Å²) in [6.45, 7) is 3.35. The van der Waals surface area contributed by atoms with Gasteiger partial charge in [-0.2, -0.15) is 0 Å². The lowest BCUT2D eigenvalue weighted by Crippen LogP contribution is -1.85. The average molecular weight is 251 g/mol. The number of hydrogen-bond donors (Lipinski definition) is 0. The number of rotatable bonds is 2. The van der Waals surface area contributed by atoms with Crippen molar-refractivity contribution in [1.82, 2.24) is 0 Å². The molecular weight excluding hydrogens is 246 g/mol. The molecule has 0 saturated heterocycles. The molecule has 1 aromatic carbocycles. The molecule has 0 aliphatic carbocycles. The van der Waals surface area contributed by atoms with Gasteiger partial charge in [-0.15, -0.1) is 0 Å². The van der Waals surface area contributed by atoms with Gasteiger partial charge in [-0.25, -0.2) is 4.39 Å². The van der Waals surface area contributed by atoms with E-state index in [0.29, 0.717) is 10.2 Å². The predicted molar refractivity (Wildman–Crippen MR) is 49.9 cm³/mol. The van der Waals surface area contributed by atoms with Crippen LogP contribution in [0, 0.1) is 5.82 Å². The van der Waals surface area contributed by atoms with Crippen LogP contribution in [0.25, 0.3) is 0 Å². The van der Waals surface area contributed by atoms with Crippen LogP contribution in [0.1, 0.15) is 0 Å². The minimum absolute atomic E-state index is 0.0540. The summed E-state index contributed by atoms with van der Waals surface area (Å²) in [4.78, 5) is 0. The van der Waals surface area contributed by atoms with E-state index < -0.39 is 5.82 Å². The molecule has 0 heterocycles. The lowest BCUT2D eigenvalue weighted by molar-refractivity contribution is 0.474. The molecule has 1 nitrogen and oxygen atoms in total. The lowest BCUT2D eigenvalue weighted by atomic mass is 10.3. The van der Waals surface area contributed by atoms with Crippen molar-refractivity contribution >= 4 is 27.5 Å². The summed E-state index contributed by atoms with van der Waals surface area (Å²) in [5, 5.41) is 0.0540. The Bertz CT molecular complexity index is 314. The van der Waals surface area contributed by atoms with E-state index in [9.17, 15) is 4.39 Å².